The summed E-state index contributed by atoms with van der Waals surface area (Å²) < 4.78 is 1.71. The van der Waals surface area contributed by atoms with Crippen molar-refractivity contribution in [1.82, 2.24) is 14.8 Å². The van der Waals surface area contributed by atoms with Crippen molar-refractivity contribution in [3.05, 3.63) is 68.7 Å². The van der Waals surface area contributed by atoms with Crippen molar-refractivity contribution in [2.45, 2.75) is 25.8 Å². The monoisotopic (exact) mass is 531 g/mol. The molecule has 0 bridgehead atoms. The molecule has 2 aromatic carbocycles. The van der Waals surface area contributed by atoms with Crippen LogP contribution in [-0.2, 0) is 11.2 Å². The number of hydrogen-bond acceptors (Lipinski definition) is 2. The summed E-state index contributed by atoms with van der Waals surface area (Å²) in [5, 5.41) is 1.16. The minimum absolute atomic E-state index is 0.00885. The average Bonchev–Trinajstić information content (AvgIpc) is 3.15. The smallest absolute Gasteiger partial charge is 0.254 e. The maximum absolute atomic E-state index is 13.4. The summed E-state index contributed by atoms with van der Waals surface area (Å²) in [5.41, 5.74) is 2.88. The van der Waals surface area contributed by atoms with Crippen molar-refractivity contribution in [3.63, 3.8) is 0 Å². The van der Waals surface area contributed by atoms with Crippen molar-refractivity contribution in [2.24, 2.45) is 0 Å². The lowest BCUT2D eigenvalue weighted by molar-refractivity contribution is -0.133. The lowest BCUT2D eigenvalue weighted by Crippen LogP contribution is -2.57. The number of hydrogen-bond donors (Lipinski definition) is 1. The summed E-state index contributed by atoms with van der Waals surface area (Å²) in [4.78, 5) is 32.9. The molecule has 0 unspecified atom stereocenters. The minimum atomic E-state index is -0.0845. The van der Waals surface area contributed by atoms with Crippen LogP contribution in [0.5, 0.6) is 0 Å². The molecule has 1 fully saturated rings. The second kappa shape index (κ2) is 8.94. The van der Waals surface area contributed by atoms with Crippen molar-refractivity contribution in [2.75, 3.05) is 19.6 Å². The van der Waals surface area contributed by atoms with Crippen molar-refractivity contribution in [3.8, 4) is 0 Å². The Labute approximate surface area is 192 Å². The van der Waals surface area contributed by atoms with Crippen LogP contribution in [0.3, 0.4) is 0 Å². The first-order chi connectivity index (χ1) is 14.5. The Bertz CT molecular complexity index is 1070. The highest BCUT2D eigenvalue weighted by molar-refractivity contribution is 9.11. The second-order valence-corrected chi connectivity index (χ2v) is 9.40. The number of benzene rings is 2. The van der Waals surface area contributed by atoms with E-state index in [2.05, 4.69) is 49.0 Å². The number of fused-ring (bicyclic) bond motifs is 1. The van der Waals surface area contributed by atoms with E-state index in [4.69, 9.17) is 0 Å². The van der Waals surface area contributed by atoms with Gasteiger partial charge in [0.05, 0.1) is 6.04 Å². The van der Waals surface area contributed by atoms with Crippen LogP contribution in [0.4, 0.5) is 0 Å². The van der Waals surface area contributed by atoms with Crippen LogP contribution in [-0.4, -0.2) is 52.3 Å². The fourth-order valence-electron chi connectivity index (χ4n) is 4.14. The van der Waals surface area contributed by atoms with E-state index in [9.17, 15) is 9.59 Å². The van der Waals surface area contributed by atoms with Crippen LogP contribution in [0.15, 0.2) is 57.6 Å². The van der Waals surface area contributed by atoms with Crippen LogP contribution < -0.4 is 0 Å². The Morgan fingerprint density at radius 2 is 1.83 bits per heavy atom. The number of nitrogens with zero attached hydrogens (tertiary/aromatic N) is 2. The Hall–Kier alpha value is -2.12. The molecule has 2 heterocycles. The Balaban J connectivity index is 1.65. The van der Waals surface area contributed by atoms with Gasteiger partial charge in [-0.1, -0.05) is 57.0 Å². The third-order valence-electron chi connectivity index (χ3n) is 5.64. The summed E-state index contributed by atoms with van der Waals surface area (Å²) in [6.45, 7) is 3.53. The molecule has 0 aliphatic carbocycles. The number of nitrogens with one attached hydrogen (secondary N) is 1. The number of halogens is 2. The van der Waals surface area contributed by atoms with Gasteiger partial charge < -0.3 is 14.8 Å². The molecule has 5 nitrogen and oxygen atoms in total. The second-order valence-electron chi connectivity index (χ2n) is 7.57. The fourth-order valence-corrected chi connectivity index (χ4v) is 5.44. The molecule has 0 saturated carbocycles. The number of piperazine rings is 1. The van der Waals surface area contributed by atoms with Gasteiger partial charge >= 0.3 is 0 Å². The van der Waals surface area contributed by atoms with Gasteiger partial charge in [0.2, 0.25) is 5.91 Å². The summed E-state index contributed by atoms with van der Waals surface area (Å²) >= 11 is 6.95. The fraction of sp³-hybridized carbons (Fsp3) is 0.304. The van der Waals surface area contributed by atoms with E-state index < -0.39 is 0 Å². The zero-order valence-corrected chi connectivity index (χ0v) is 19.9. The predicted molar refractivity (Wildman–Crippen MR) is 126 cm³/mol. The van der Waals surface area contributed by atoms with Crippen LogP contribution >= 0.6 is 31.9 Å². The number of carbonyl (C=O) groups is 2. The van der Waals surface area contributed by atoms with E-state index in [-0.39, 0.29) is 17.9 Å². The summed E-state index contributed by atoms with van der Waals surface area (Å²) in [6.07, 6.45) is 3.19. The molecule has 3 aromatic rings. The third-order valence-corrected chi connectivity index (χ3v) is 6.55. The van der Waals surface area contributed by atoms with Gasteiger partial charge in [-0.05, 0) is 36.2 Å². The zero-order valence-electron chi connectivity index (χ0n) is 16.7. The zero-order chi connectivity index (χ0) is 21.3. The Kier molecular flexibility index (Phi) is 6.29. The summed E-state index contributed by atoms with van der Waals surface area (Å²) in [6, 6.07) is 13.7. The van der Waals surface area contributed by atoms with Gasteiger partial charge in [-0.2, -0.15) is 0 Å². The topological polar surface area (TPSA) is 56.4 Å². The van der Waals surface area contributed by atoms with Gasteiger partial charge in [-0.25, -0.2) is 0 Å². The predicted octanol–water partition coefficient (Wildman–Crippen LogP) is 5.00. The van der Waals surface area contributed by atoms with Crippen molar-refractivity contribution < 1.29 is 9.59 Å². The first-order valence-corrected chi connectivity index (χ1v) is 11.6. The van der Waals surface area contributed by atoms with Gasteiger partial charge in [0.25, 0.3) is 5.91 Å². The molecule has 0 radical (unpaired) electrons. The van der Waals surface area contributed by atoms with Crippen LogP contribution in [0.2, 0.25) is 0 Å². The average molecular weight is 533 g/mol. The summed E-state index contributed by atoms with van der Waals surface area (Å²) in [5.74, 6) is 0.127. The van der Waals surface area contributed by atoms with Crippen molar-refractivity contribution in [1.29, 1.82) is 0 Å². The van der Waals surface area contributed by atoms with E-state index in [0.29, 0.717) is 38.0 Å². The highest BCUT2D eigenvalue weighted by Crippen LogP contribution is 2.26. The number of amides is 2. The highest BCUT2D eigenvalue weighted by atomic mass is 79.9. The highest BCUT2D eigenvalue weighted by Gasteiger charge is 2.33. The lowest BCUT2D eigenvalue weighted by Gasteiger charge is -2.41. The molecule has 156 valence electrons. The number of rotatable bonds is 4. The first-order valence-electron chi connectivity index (χ1n) is 10.1. The van der Waals surface area contributed by atoms with Gasteiger partial charge in [-0.15, -0.1) is 0 Å². The van der Waals surface area contributed by atoms with Gasteiger partial charge in [-0.3, -0.25) is 9.59 Å². The lowest BCUT2D eigenvalue weighted by atomic mass is 10.00. The van der Waals surface area contributed by atoms with E-state index in [1.807, 2.05) is 53.3 Å². The normalized spacial score (nSPS) is 16.8. The number of H-pyrrole nitrogens is 1. The number of para-hydroxylation sites is 1. The van der Waals surface area contributed by atoms with E-state index in [0.717, 1.165) is 25.4 Å². The molecule has 1 aromatic heterocycles. The molecule has 7 heteroatoms. The molecule has 0 spiro atoms. The molecule has 1 atom stereocenters. The molecular weight excluding hydrogens is 510 g/mol. The minimum Gasteiger partial charge on any atom is -0.361 e. The molecule has 2 amide bonds. The Morgan fingerprint density at radius 1 is 1.10 bits per heavy atom. The first kappa shape index (κ1) is 21.1. The number of aromatic nitrogens is 1. The van der Waals surface area contributed by atoms with Gasteiger partial charge in [0.1, 0.15) is 0 Å². The largest absolute Gasteiger partial charge is 0.361 e. The molecule has 4 rings (SSSR count). The molecule has 1 N–H and O–H groups in total. The molecular formula is C23H23Br2N3O2. The van der Waals surface area contributed by atoms with Crippen molar-refractivity contribution >= 4 is 54.6 Å². The number of aromatic amines is 1. The van der Waals surface area contributed by atoms with E-state index >= 15 is 0 Å². The van der Waals surface area contributed by atoms with Crippen LogP contribution in [0, 0.1) is 0 Å². The molecule has 1 saturated heterocycles. The maximum atomic E-state index is 13.4. The maximum Gasteiger partial charge on any atom is 0.254 e. The van der Waals surface area contributed by atoms with Gasteiger partial charge in [0.15, 0.2) is 0 Å². The van der Waals surface area contributed by atoms with E-state index in [1.165, 1.54) is 0 Å². The third kappa shape index (κ3) is 4.32. The molecule has 1 aliphatic heterocycles. The summed E-state index contributed by atoms with van der Waals surface area (Å²) in [7, 11) is 0. The Morgan fingerprint density at radius 3 is 2.57 bits per heavy atom. The van der Waals surface area contributed by atoms with Gasteiger partial charge in [0, 0.05) is 57.7 Å². The quantitative estimate of drug-likeness (QED) is 0.514. The van der Waals surface area contributed by atoms with Crippen LogP contribution in [0.25, 0.3) is 10.9 Å². The standard InChI is InChI=1S/C23H23Br2N3O2/c1-2-22(29)27-7-8-28(23(30)15-9-17(24)12-18(25)10-15)19(14-27)11-16-13-26-21-6-4-3-5-20(16)21/h3-6,9-10,12-13,19,26H,2,7-8,11,14H2,1H3/t19-/m1/s1. The van der Waals surface area contributed by atoms with E-state index in [1.54, 1.807) is 0 Å². The van der Waals surface area contributed by atoms with Crippen LogP contribution in [0.1, 0.15) is 29.3 Å². The molecule has 30 heavy (non-hydrogen) atoms. The molecule has 1 aliphatic rings. The number of carbonyl (C=O) groups excluding carboxylic acids is 2. The SMILES string of the molecule is CCC(=O)N1CCN(C(=O)c2cc(Br)cc(Br)c2)[C@H](Cc2c[nH]c3ccccc23)C1.